The summed E-state index contributed by atoms with van der Waals surface area (Å²) < 4.78 is 8.69. The predicted molar refractivity (Wildman–Crippen MR) is 53.1 cm³/mol. The number of methoxy groups -OCH3 is 2. The van der Waals surface area contributed by atoms with Crippen LogP contribution in [-0.4, -0.2) is 42.9 Å². The number of nitrogens with zero attached hydrogens (tertiary/aromatic N) is 1. The van der Waals surface area contributed by atoms with E-state index in [9.17, 15) is 19.2 Å². The molecule has 0 bridgehead atoms. The van der Waals surface area contributed by atoms with Crippen molar-refractivity contribution in [1.82, 2.24) is 4.90 Å². The first kappa shape index (κ1) is 12.6. The molecule has 7 nitrogen and oxygen atoms in total. The summed E-state index contributed by atoms with van der Waals surface area (Å²) in [5, 5.41) is 0. The summed E-state index contributed by atoms with van der Waals surface area (Å²) in [6, 6.07) is 0. The highest BCUT2D eigenvalue weighted by Crippen LogP contribution is 2.14. The third kappa shape index (κ3) is 2.57. The highest BCUT2D eigenvalue weighted by atomic mass is 16.5. The van der Waals surface area contributed by atoms with Gasteiger partial charge in [0.2, 0.25) is 0 Å². The van der Waals surface area contributed by atoms with Gasteiger partial charge in [-0.05, 0) is 0 Å². The molecule has 0 aromatic heterocycles. The Bertz CT molecular complexity index is 430. The number of amides is 2. The molecule has 0 aromatic carbocycles. The number of carbonyl (C=O) groups excluding carboxylic acids is 4. The maximum atomic E-state index is 11.4. The Balaban J connectivity index is 3.12. The number of hydrogen-bond acceptors (Lipinski definition) is 6. The zero-order valence-corrected chi connectivity index (χ0v) is 9.13. The fourth-order valence-corrected chi connectivity index (χ4v) is 1.13. The van der Waals surface area contributed by atoms with Gasteiger partial charge in [-0.25, -0.2) is 14.5 Å². The normalized spacial score (nSPS) is 15.2. The highest BCUT2D eigenvalue weighted by molar-refractivity contribution is 6.18. The smallest absolute Gasteiger partial charge is 0.355 e. The maximum Gasteiger partial charge on any atom is 0.355 e. The second kappa shape index (κ2) is 5.06. The van der Waals surface area contributed by atoms with Crippen LogP contribution < -0.4 is 0 Å². The van der Waals surface area contributed by atoms with Crippen LogP contribution >= 0.6 is 0 Å². The van der Waals surface area contributed by atoms with Crippen LogP contribution in [0.3, 0.4) is 0 Å². The van der Waals surface area contributed by atoms with Crippen molar-refractivity contribution in [2.75, 3.05) is 14.2 Å². The minimum Gasteiger partial charge on any atom is -0.466 e. The fourth-order valence-electron chi connectivity index (χ4n) is 1.13. The minimum absolute atomic E-state index is 0.487. The molecule has 0 aliphatic carbocycles. The van der Waals surface area contributed by atoms with Crippen molar-refractivity contribution >= 4 is 23.8 Å². The molecule has 2 amide bonds. The monoisotopic (exact) mass is 239 g/mol. The lowest BCUT2D eigenvalue weighted by Gasteiger charge is -2.15. The number of carbonyl (C=O) groups is 4. The summed E-state index contributed by atoms with van der Waals surface area (Å²) >= 11 is 0. The maximum absolute atomic E-state index is 11.4. The summed E-state index contributed by atoms with van der Waals surface area (Å²) in [7, 11) is 2.16. The molecule has 0 radical (unpaired) electrons. The molecule has 90 valence electrons. The molecule has 7 heteroatoms. The Morgan fingerprint density at radius 1 is 1.12 bits per heavy atom. The van der Waals surface area contributed by atoms with Crippen LogP contribution in [0, 0.1) is 0 Å². The Labute approximate surface area is 96.3 Å². The van der Waals surface area contributed by atoms with Gasteiger partial charge in [0.05, 0.1) is 20.3 Å². The Morgan fingerprint density at radius 3 is 2.06 bits per heavy atom. The molecule has 1 heterocycles. The van der Waals surface area contributed by atoms with Crippen LogP contribution in [0.4, 0.5) is 0 Å². The average Bonchev–Trinajstić information content (AvgIpc) is 2.65. The van der Waals surface area contributed by atoms with E-state index in [1.807, 2.05) is 0 Å². The molecule has 1 aliphatic heterocycles. The number of rotatable bonds is 3. The van der Waals surface area contributed by atoms with E-state index in [4.69, 9.17) is 0 Å². The lowest BCUT2D eigenvalue weighted by atomic mass is 10.3. The van der Waals surface area contributed by atoms with Crippen LogP contribution in [0.2, 0.25) is 0 Å². The van der Waals surface area contributed by atoms with Crippen LogP contribution in [0.5, 0.6) is 0 Å². The topological polar surface area (TPSA) is 90.0 Å². The van der Waals surface area contributed by atoms with Gasteiger partial charge in [-0.2, -0.15) is 0 Å². The summed E-state index contributed by atoms with van der Waals surface area (Å²) in [6.07, 6.45) is 2.68. The van der Waals surface area contributed by atoms with Gasteiger partial charge >= 0.3 is 11.9 Å². The van der Waals surface area contributed by atoms with Crippen molar-refractivity contribution in [3.63, 3.8) is 0 Å². The Hall–Kier alpha value is -2.44. The van der Waals surface area contributed by atoms with Crippen molar-refractivity contribution in [2.24, 2.45) is 0 Å². The number of ether oxygens (including phenoxy) is 2. The highest BCUT2D eigenvalue weighted by Gasteiger charge is 2.32. The number of hydrogen-bond donors (Lipinski definition) is 0. The van der Waals surface area contributed by atoms with E-state index in [2.05, 4.69) is 9.47 Å². The molecule has 0 spiro atoms. The lowest BCUT2D eigenvalue weighted by molar-refractivity contribution is -0.145. The minimum atomic E-state index is -0.985. The van der Waals surface area contributed by atoms with Gasteiger partial charge in [0, 0.05) is 12.2 Å². The SMILES string of the molecule is COC(=O)/C=C(/C(=O)OC)N1C(=O)C=CC1=O. The standard InChI is InChI=1S/C10H9NO6/c1-16-9(14)5-6(10(15)17-2)11-7(12)3-4-8(11)13/h3-5H,1-2H3/b6-5-. The molecule has 0 aromatic rings. The van der Waals surface area contributed by atoms with E-state index in [-0.39, 0.29) is 0 Å². The lowest BCUT2D eigenvalue weighted by Crippen LogP contribution is -2.34. The third-order valence-electron chi connectivity index (χ3n) is 1.90. The summed E-state index contributed by atoms with van der Waals surface area (Å²) in [5.74, 6) is -3.31. The molecule has 17 heavy (non-hydrogen) atoms. The van der Waals surface area contributed by atoms with E-state index in [1.54, 1.807) is 0 Å². The zero-order chi connectivity index (χ0) is 13.0. The summed E-state index contributed by atoms with van der Waals surface area (Å²) in [6.45, 7) is 0. The van der Waals surface area contributed by atoms with Crippen molar-refractivity contribution in [3.05, 3.63) is 23.9 Å². The van der Waals surface area contributed by atoms with Crippen molar-refractivity contribution < 1.29 is 28.7 Å². The van der Waals surface area contributed by atoms with Gasteiger partial charge in [-0.1, -0.05) is 0 Å². The third-order valence-corrected chi connectivity index (χ3v) is 1.90. The largest absolute Gasteiger partial charge is 0.466 e. The molecule has 0 saturated heterocycles. The fraction of sp³-hybridized carbons (Fsp3) is 0.200. The van der Waals surface area contributed by atoms with Crippen LogP contribution in [-0.2, 0) is 28.7 Å². The van der Waals surface area contributed by atoms with Crippen LogP contribution in [0.25, 0.3) is 0 Å². The molecular formula is C10H9NO6. The first-order valence-electron chi connectivity index (χ1n) is 4.45. The van der Waals surface area contributed by atoms with Gasteiger partial charge in [0.15, 0.2) is 0 Å². The molecule has 0 atom stereocenters. The van der Waals surface area contributed by atoms with Crippen molar-refractivity contribution in [3.8, 4) is 0 Å². The van der Waals surface area contributed by atoms with Crippen molar-refractivity contribution in [1.29, 1.82) is 0 Å². The van der Waals surface area contributed by atoms with E-state index in [0.717, 1.165) is 26.4 Å². The van der Waals surface area contributed by atoms with E-state index in [0.29, 0.717) is 11.0 Å². The van der Waals surface area contributed by atoms with Gasteiger partial charge in [0.1, 0.15) is 5.70 Å². The Kier molecular flexibility index (Phi) is 3.76. The van der Waals surface area contributed by atoms with E-state index < -0.39 is 29.5 Å². The molecule has 0 unspecified atom stereocenters. The van der Waals surface area contributed by atoms with Gasteiger partial charge in [0.25, 0.3) is 11.8 Å². The average molecular weight is 239 g/mol. The quantitative estimate of drug-likeness (QED) is 0.361. The van der Waals surface area contributed by atoms with E-state index in [1.165, 1.54) is 0 Å². The molecule has 1 aliphatic rings. The molecule has 1 rings (SSSR count). The summed E-state index contributed by atoms with van der Waals surface area (Å²) in [4.78, 5) is 45.6. The van der Waals surface area contributed by atoms with Crippen LogP contribution in [0.1, 0.15) is 0 Å². The number of esters is 2. The van der Waals surface area contributed by atoms with Gasteiger partial charge in [-0.3, -0.25) is 9.59 Å². The first-order chi connectivity index (χ1) is 8.01. The number of imide groups is 1. The first-order valence-corrected chi connectivity index (χ1v) is 4.45. The second-order valence-electron chi connectivity index (χ2n) is 2.89. The van der Waals surface area contributed by atoms with Gasteiger partial charge in [-0.15, -0.1) is 0 Å². The molecule has 0 N–H and O–H groups in total. The Morgan fingerprint density at radius 2 is 1.65 bits per heavy atom. The molecular weight excluding hydrogens is 230 g/mol. The molecule has 0 saturated carbocycles. The van der Waals surface area contributed by atoms with Gasteiger partial charge < -0.3 is 9.47 Å². The van der Waals surface area contributed by atoms with Crippen LogP contribution in [0.15, 0.2) is 23.9 Å². The predicted octanol–water partition coefficient (Wildman–Crippen LogP) is -0.859. The molecule has 0 fully saturated rings. The van der Waals surface area contributed by atoms with E-state index >= 15 is 0 Å². The second-order valence-corrected chi connectivity index (χ2v) is 2.89. The summed E-state index contributed by atoms with van der Waals surface area (Å²) in [5.41, 5.74) is -0.487. The zero-order valence-electron chi connectivity index (χ0n) is 9.13. The van der Waals surface area contributed by atoms with Crippen molar-refractivity contribution in [2.45, 2.75) is 0 Å².